The highest BCUT2D eigenvalue weighted by atomic mass is 79.9. The van der Waals surface area contributed by atoms with Crippen molar-refractivity contribution in [2.45, 2.75) is 6.54 Å². The summed E-state index contributed by atoms with van der Waals surface area (Å²) in [7, 11) is 5.28. The van der Waals surface area contributed by atoms with Gasteiger partial charge in [-0.2, -0.15) is 0 Å². The molecule has 0 aliphatic carbocycles. The number of ether oxygens (including phenoxy) is 2. The molecule has 2 aromatic carbocycles. The molecule has 1 aromatic heterocycles. The lowest BCUT2D eigenvalue weighted by Gasteiger charge is -2.14. The monoisotopic (exact) mass is 401 g/mol. The van der Waals surface area contributed by atoms with Crippen molar-refractivity contribution in [2.75, 3.05) is 19.5 Å². The summed E-state index contributed by atoms with van der Waals surface area (Å²) in [4.78, 5) is 4.50. The van der Waals surface area contributed by atoms with E-state index in [1.54, 1.807) is 14.2 Å². The Morgan fingerprint density at radius 2 is 1.84 bits per heavy atom. The normalized spacial score (nSPS) is 10.6. The van der Waals surface area contributed by atoms with Gasteiger partial charge in [-0.3, -0.25) is 0 Å². The predicted molar refractivity (Wildman–Crippen MR) is 103 cm³/mol. The van der Waals surface area contributed by atoms with Crippen LogP contribution in [0.4, 0.5) is 5.95 Å². The molecule has 0 unspecified atom stereocenters. The van der Waals surface area contributed by atoms with Crippen molar-refractivity contribution >= 4 is 21.9 Å². The summed E-state index contributed by atoms with van der Waals surface area (Å²) in [6.45, 7) is 0.588. The number of rotatable bonds is 6. The van der Waals surface area contributed by atoms with Crippen LogP contribution in [-0.4, -0.2) is 23.8 Å². The van der Waals surface area contributed by atoms with Crippen molar-refractivity contribution in [3.05, 3.63) is 58.7 Å². The zero-order chi connectivity index (χ0) is 17.8. The lowest BCUT2D eigenvalue weighted by atomic mass is 10.2. The summed E-state index contributed by atoms with van der Waals surface area (Å²) in [5.74, 6) is 2.25. The summed E-state index contributed by atoms with van der Waals surface area (Å²) >= 11 is 3.46. The van der Waals surface area contributed by atoms with Crippen LogP contribution in [0.5, 0.6) is 11.5 Å². The number of para-hydroxylation sites is 1. The zero-order valence-electron chi connectivity index (χ0n) is 14.4. The Hall–Kier alpha value is -2.47. The molecule has 3 rings (SSSR count). The van der Waals surface area contributed by atoms with Gasteiger partial charge in [0, 0.05) is 23.6 Å². The summed E-state index contributed by atoms with van der Waals surface area (Å²) in [5, 5.41) is 3.36. The molecule has 0 aliphatic heterocycles. The highest BCUT2D eigenvalue weighted by Gasteiger charge is 2.12. The van der Waals surface area contributed by atoms with Crippen LogP contribution >= 0.6 is 15.9 Å². The molecule has 1 heterocycles. The number of aromatic nitrogens is 2. The number of anilines is 1. The van der Waals surface area contributed by atoms with Gasteiger partial charge in [-0.1, -0.05) is 40.2 Å². The maximum Gasteiger partial charge on any atom is 0.203 e. The lowest BCUT2D eigenvalue weighted by Crippen LogP contribution is -2.07. The minimum absolute atomic E-state index is 0.588. The number of nitrogens with zero attached hydrogens (tertiary/aromatic N) is 2. The first-order valence-corrected chi connectivity index (χ1v) is 8.64. The topological polar surface area (TPSA) is 48.3 Å². The summed E-state index contributed by atoms with van der Waals surface area (Å²) < 4.78 is 13.9. The minimum Gasteiger partial charge on any atom is -0.493 e. The molecule has 0 radical (unpaired) electrons. The van der Waals surface area contributed by atoms with Gasteiger partial charge in [0.15, 0.2) is 11.5 Å². The molecule has 3 aromatic rings. The molecule has 0 aliphatic rings. The average Bonchev–Trinajstić information content (AvgIpc) is 3.00. The zero-order valence-corrected chi connectivity index (χ0v) is 16.0. The van der Waals surface area contributed by atoms with Gasteiger partial charge in [-0.25, -0.2) is 4.98 Å². The summed E-state index contributed by atoms with van der Waals surface area (Å²) in [6, 6.07) is 14.0. The average molecular weight is 402 g/mol. The van der Waals surface area contributed by atoms with Crippen molar-refractivity contribution in [3.8, 4) is 22.8 Å². The second-order valence-corrected chi connectivity index (χ2v) is 6.45. The van der Waals surface area contributed by atoms with Crippen LogP contribution in [0.15, 0.2) is 53.1 Å². The maximum atomic E-state index is 5.48. The van der Waals surface area contributed by atoms with Gasteiger partial charge in [0.25, 0.3) is 0 Å². The third-order valence-electron chi connectivity index (χ3n) is 4.05. The number of methoxy groups -OCH3 is 2. The third kappa shape index (κ3) is 3.64. The standard InChI is InChI=1S/C19H20BrN3O2/c1-23-16(13-7-9-15(20)10-8-13)12-22-19(23)21-11-14-5-4-6-17(24-2)18(14)25-3/h4-10,12H,11H2,1-3H3,(H,21,22). The van der Waals surface area contributed by atoms with E-state index < -0.39 is 0 Å². The van der Waals surface area contributed by atoms with E-state index in [1.807, 2.05) is 48.1 Å². The Bertz CT molecular complexity index is 860. The molecule has 0 saturated carbocycles. The van der Waals surface area contributed by atoms with Crippen molar-refractivity contribution in [3.63, 3.8) is 0 Å². The molecule has 0 amide bonds. The largest absolute Gasteiger partial charge is 0.493 e. The van der Waals surface area contributed by atoms with E-state index >= 15 is 0 Å². The number of hydrogen-bond acceptors (Lipinski definition) is 4. The number of halogens is 1. The first kappa shape index (κ1) is 17.4. The van der Waals surface area contributed by atoms with E-state index in [0.717, 1.165) is 38.7 Å². The minimum atomic E-state index is 0.588. The molecule has 0 bridgehead atoms. The molecular formula is C19H20BrN3O2. The van der Waals surface area contributed by atoms with Crippen LogP contribution in [0.1, 0.15) is 5.56 Å². The van der Waals surface area contributed by atoms with Crippen LogP contribution in [0.3, 0.4) is 0 Å². The van der Waals surface area contributed by atoms with E-state index in [4.69, 9.17) is 9.47 Å². The molecule has 25 heavy (non-hydrogen) atoms. The van der Waals surface area contributed by atoms with Crippen molar-refractivity contribution < 1.29 is 9.47 Å². The highest BCUT2D eigenvalue weighted by Crippen LogP contribution is 2.31. The van der Waals surface area contributed by atoms with Gasteiger partial charge in [0.05, 0.1) is 26.1 Å². The summed E-state index contributed by atoms with van der Waals surface area (Å²) in [5.41, 5.74) is 3.17. The summed E-state index contributed by atoms with van der Waals surface area (Å²) in [6.07, 6.45) is 1.87. The van der Waals surface area contributed by atoms with Crippen LogP contribution in [0, 0.1) is 0 Å². The molecule has 0 spiro atoms. The van der Waals surface area contributed by atoms with Crippen LogP contribution in [0.25, 0.3) is 11.3 Å². The fourth-order valence-corrected chi connectivity index (χ4v) is 2.99. The van der Waals surface area contributed by atoms with Crippen LogP contribution in [0.2, 0.25) is 0 Å². The van der Waals surface area contributed by atoms with Crippen LogP contribution < -0.4 is 14.8 Å². The fraction of sp³-hybridized carbons (Fsp3) is 0.211. The maximum absolute atomic E-state index is 5.48. The predicted octanol–water partition coefficient (Wildman–Crippen LogP) is 4.48. The van der Waals surface area contributed by atoms with Gasteiger partial charge in [0.2, 0.25) is 5.95 Å². The molecule has 130 valence electrons. The molecule has 1 N–H and O–H groups in total. The Kier molecular flexibility index (Phi) is 5.28. The third-order valence-corrected chi connectivity index (χ3v) is 4.58. The van der Waals surface area contributed by atoms with Crippen LogP contribution in [-0.2, 0) is 13.6 Å². The molecular weight excluding hydrogens is 382 g/mol. The van der Waals surface area contributed by atoms with Gasteiger partial charge in [0.1, 0.15) is 0 Å². The SMILES string of the molecule is COc1cccc(CNc2ncc(-c3ccc(Br)cc3)n2C)c1OC. The molecule has 5 nitrogen and oxygen atoms in total. The molecule has 0 atom stereocenters. The van der Waals surface area contributed by atoms with Crippen molar-refractivity contribution in [2.24, 2.45) is 7.05 Å². The molecule has 0 saturated heterocycles. The Balaban J connectivity index is 1.80. The van der Waals surface area contributed by atoms with E-state index in [-0.39, 0.29) is 0 Å². The second-order valence-electron chi connectivity index (χ2n) is 5.54. The first-order valence-electron chi connectivity index (χ1n) is 7.85. The fourth-order valence-electron chi connectivity index (χ4n) is 2.73. The highest BCUT2D eigenvalue weighted by molar-refractivity contribution is 9.10. The second kappa shape index (κ2) is 7.61. The number of imidazole rings is 1. The van der Waals surface area contributed by atoms with E-state index in [1.165, 1.54) is 0 Å². The van der Waals surface area contributed by atoms with E-state index in [2.05, 4.69) is 38.4 Å². The van der Waals surface area contributed by atoms with Gasteiger partial charge >= 0.3 is 0 Å². The number of hydrogen-bond donors (Lipinski definition) is 1. The Labute approximate surface area is 155 Å². The number of benzene rings is 2. The molecule has 6 heteroatoms. The number of nitrogens with one attached hydrogen (secondary N) is 1. The smallest absolute Gasteiger partial charge is 0.203 e. The quantitative estimate of drug-likeness (QED) is 0.661. The van der Waals surface area contributed by atoms with Gasteiger partial charge in [-0.05, 0) is 23.8 Å². The van der Waals surface area contributed by atoms with Crippen molar-refractivity contribution in [1.82, 2.24) is 9.55 Å². The van der Waals surface area contributed by atoms with Crippen molar-refractivity contribution in [1.29, 1.82) is 0 Å². The molecule has 0 fully saturated rings. The Morgan fingerprint density at radius 3 is 2.52 bits per heavy atom. The van der Waals surface area contributed by atoms with E-state index in [0.29, 0.717) is 6.54 Å². The van der Waals surface area contributed by atoms with E-state index in [9.17, 15) is 0 Å². The lowest BCUT2D eigenvalue weighted by molar-refractivity contribution is 0.352. The van der Waals surface area contributed by atoms with Gasteiger partial charge in [-0.15, -0.1) is 0 Å². The Morgan fingerprint density at radius 1 is 1.08 bits per heavy atom. The first-order chi connectivity index (χ1) is 12.1. The van der Waals surface area contributed by atoms with Gasteiger partial charge < -0.3 is 19.4 Å².